The lowest BCUT2D eigenvalue weighted by Crippen LogP contribution is -2.54. The van der Waals surface area contributed by atoms with E-state index >= 15 is 0 Å². The van der Waals surface area contributed by atoms with Crippen LogP contribution >= 0.6 is 0 Å². The molecule has 1 N–H and O–H groups in total. The maximum Gasteiger partial charge on any atom is 0.305 e. The zero-order valence-corrected chi connectivity index (χ0v) is 22.8. The minimum atomic E-state index is -0.114. The van der Waals surface area contributed by atoms with Crippen LogP contribution in [0.2, 0.25) is 0 Å². The second-order valence-electron chi connectivity index (χ2n) is 13.2. The molecule has 0 saturated heterocycles. The van der Waals surface area contributed by atoms with Crippen molar-refractivity contribution in [3.63, 3.8) is 0 Å². The zero-order chi connectivity index (χ0) is 25.6. The van der Waals surface area contributed by atoms with Crippen molar-refractivity contribution in [3.8, 4) is 0 Å². The number of fused-ring (bicyclic) bond motifs is 2. The van der Waals surface area contributed by atoms with Gasteiger partial charge in [0.2, 0.25) is 0 Å². The Labute approximate surface area is 213 Å². The van der Waals surface area contributed by atoms with E-state index in [1.54, 1.807) is 0 Å². The van der Waals surface area contributed by atoms with Gasteiger partial charge >= 0.3 is 5.97 Å². The lowest BCUT2D eigenvalue weighted by atomic mass is 9.43. The predicted octanol–water partition coefficient (Wildman–Crippen LogP) is 6.67. The zero-order valence-electron chi connectivity index (χ0n) is 22.8. The van der Waals surface area contributed by atoms with Gasteiger partial charge in [-0.2, -0.15) is 0 Å². The highest BCUT2D eigenvalue weighted by Crippen LogP contribution is 2.87. The van der Waals surface area contributed by atoms with Gasteiger partial charge in [-0.25, -0.2) is 0 Å². The molecule has 8 unspecified atom stereocenters. The molecule has 0 radical (unpaired) electrons. The van der Waals surface area contributed by atoms with Crippen LogP contribution in [0.3, 0.4) is 0 Å². The molecule has 4 saturated carbocycles. The van der Waals surface area contributed by atoms with E-state index in [-0.39, 0.29) is 23.4 Å². The van der Waals surface area contributed by atoms with Gasteiger partial charge in [-0.1, -0.05) is 33.4 Å². The highest BCUT2D eigenvalue weighted by atomic mass is 16.5. The molecule has 0 aromatic carbocycles. The molecule has 0 aromatic rings. The van der Waals surface area contributed by atoms with E-state index in [1.165, 1.54) is 45.6 Å². The van der Waals surface area contributed by atoms with Crippen molar-refractivity contribution in [3.05, 3.63) is 23.8 Å². The number of ether oxygens (including phenoxy) is 1. The van der Waals surface area contributed by atoms with Crippen LogP contribution in [0, 0.1) is 45.3 Å². The maximum absolute atomic E-state index is 12.2. The number of hydrogen-bond acceptors (Lipinski definition) is 4. The highest BCUT2D eigenvalue weighted by molar-refractivity contribution is 5.71. The van der Waals surface area contributed by atoms with Crippen molar-refractivity contribution < 1.29 is 19.4 Å². The summed E-state index contributed by atoms with van der Waals surface area (Å²) in [6, 6.07) is 0. The lowest BCUT2D eigenvalue weighted by Gasteiger charge is -2.61. The van der Waals surface area contributed by atoms with Crippen molar-refractivity contribution in [1.29, 1.82) is 0 Å². The molecular weight excluding hydrogens is 436 g/mol. The molecule has 4 rings (SSSR count). The summed E-state index contributed by atoms with van der Waals surface area (Å²) in [5.41, 5.74) is 2.87. The molecule has 1 spiro atoms. The average Bonchev–Trinajstić information content (AvgIpc) is 3.44. The van der Waals surface area contributed by atoms with Crippen molar-refractivity contribution >= 4 is 12.3 Å². The van der Waals surface area contributed by atoms with E-state index in [4.69, 9.17) is 4.74 Å². The molecule has 0 bridgehead atoms. The van der Waals surface area contributed by atoms with Gasteiger partial charge in [-0.3, -0.25) is 9.59 Å². The fraction of sp³-hybridized carbons (Fsp3) is 0.806. The van der Waals surface area contributed by atoms with Crippen LogP contribution in [0.15, 0.2) is 23.8 Å². The second kappa shape index (κ2) is 9.47. The molecule has 4 nitrogen and oxygen atoms in total. The number of rotatable bonds is 10. The topological polar surface area (TPSA) is 63.6 Å². The minimum Gasteiger partial charge on any atom is -0.469 e. The number of aliphatic hydroxyl groups is 1. The number of allylic oxidation sites excluding steroid dienone is 2. The summed E-state index contributed by atoms with van der Waals surface area (Å²) in [5, 5.41) is 10.00. The summed E-state index contributed by atoms with van der Waals surface area (Å²) in [6.45, 7) is 13.9. The Morgan fingerprint density at radius 1 is 1.17 bits per heavy atom. The van der Waals surface area contributed by atoms with Crippen LogP contribution in [0.25, 0.3) is 0 Å². The minimum absolute atomic E-state index is 0.0536. The quantitative estimate of drug-likeness (QED) is 0.163. The van der Waals surface area contributed by atoms with Gasteiger partial charge in [-0.05, 0) is 128 Å². The predicted molar refractivity (Wildman–Crippen MR) is 140 cm³/mol. The highest BCUT2D eigenvalue weighted by Gasteiger charge is 2.80. The number of methoxy groups -OCH3 is 1. The molecule has 4 aliphatic rings. The summed E-state index contributed by atoms with van der Waals surface area (Å²) in [6.07, 6.45) is 15.2. The van der Waals surface area contributed by atoms with Gasteiger partial charge < -0.3 is 9.84 Å². The van der Waals surface area contributed by atoms with Gasteiger partial charge in [-0.15, -0.1) is 0 Å². The molecule has 196 valence electrons. The molecule has 4 aliphatic carbocycles. The van der Waals surface area contributed by atoms with Crippen LogP contribution in [0.5, 0.6) is 0 Å². The Morgan fingerprint density at radius 3 is 2.57 bits per heavy atom. The molecule has 4 heteroatoms. The molecule has 35 heavy (non-hydrogen) atoms. The van der Waals surface area contributed by atoms with Crippen molar-refractivity contribution in [2.45, 2.75) is 98.3 Å². The number of aliphatic hydroxyl groups excluding tert-OH is 1. The van der Waals surface area contributed by atoms with E-state index in [1.807, 2.05) is 6.92 Å². The summed E-state index contributed by atoms with van der Waals surface area (Å²) < 4.78 is 5.03. The van der Waals surface area contributed by atoms with E-state index < -0.39 is 0 Å². The molecule has 4 fully saturated rings. The van der Waals surface area contributed by atoms with Crippen LogP contribution in [0.4, 0.5) is 0 Å². The third-order valence-electron chi connectivity index (χ3n) is 12.2. The lowest BCUT2D eigenvalue weighted by molar-refractivity contribution is -0.142. The fourth-order valence-electron chi connectivity index (χ4n) is 10.2. The smallest absolute Gasteiger partial charge is 0.305 e. The van der Waals surface area contributed by atoms with Gasteiger partial charge in [0.25, 0.3) is 0 Å². The number of carbonyl (C=O) groups excluding carboxylic acids is 2. The summed E-state index contributed by atoms with van der Waals surface area (Å²) in [4.78, 5) is 23.1. The first kappa shape index (κ1) is 26.6. The average molecular weight is 485 g/mol. The SMILES string of the molecule is C=C(CO)C1CCC2C3(C)CCC(C(C)CC/C=C(\C)C=O)C3(C)CCC23CC13CCC(=O)OC. The molecular formula is C31H48O4. The Balaban J connectivity index is 1.58. The molecule has 0 amide bonds. The van der Waals surface area contributed by atoms with E-state index in [9.17, 15) is 14.7 Å². The summed E-state index contributed by atoms with van der Waals surface area (Å²) in [5.74, 6) is 2.27. The Morgan fingerprint density at radius 2 is 1.91 bits per heavy atom. The van der Waals surface area contributed by atoms with Gasteiger partial charge in [0.15, 0.2) is 0 Å². The normalized spacial score (nSPS) is 42.9. The van der Waals surface area contributed by atoms with Crippen LogP contribution in [-0.2, 0) is 14.3 Å². The number of esters is 1. The molecule has 0 heterocycles. The summed E-state index contributed by atoms with van der Waals surface area (Å²) in [7, 11) is 1.49. The first-order valence-corrected chi connectivity index (χ1v) is 14.0. The van der Waals surface area contributed by atoms with Crippen LogP contribution in [0.1, 0.15) is 98.3 Å². The molecule has 0 aliphatic heterocycles. The third kappa shape index (κ3) is 3.88. The number of hydrogen-bond donors (Lipinski definition) is 1. The Bertz CT molecular complexity index is 890. The van der Waals surface area contributed by atoms with E-state index in [0.29, 0.717) is 35.0 Å². The maximum atomic E-state index is 12.2. The Hall–Kier alpha value is -1.42. The third-order valence-corrected chi connectivity index (χ3v) is 12.2. The first-order chi connectivity index (χ1) is 16.5. The van der Waals surface area contributed by atoms with Gasteiger partial charge in [0.05, 0.1) is 13.7 Å². The van der Waals surface area contributed by atoms with Crippen LogP contribution < -0.4 is 0 Å². The number of aldehydes is 1. The van der Waals surface area contributed by atoms with Crippen LogP contribution in [-0.4, -0.2) is 31.1 Å². The Kier molecular flexibility index (Phi) is 7.21. The van der Waals surface area contributed by atoms with Crippen molar-refractivity contribution in [2.75, 3.05) is 13.7 Å². The van der Waals surface area contributed by atoms with Crippen molar-refractivity contribution in [1.82, 2.24) is 0 Å². The van der Waals surface area contributed by atoms with Gasteiger partial charge in [0.1, 0.15) is 6.29 Å². The van der Waals surface area contributed by atoms with E-state index in [2.05, 4.69) is 33.4 Å². The summed E-state index contributed by atoms with van der Waals surface area (Å²) >= 11 is 0. The van der Waals surface area contributed by atoms with Gasteiger partial charge in [0, 0.05) is 6.42 Å². The van der Waals surface area contributed by atoms with E-state index in [0.717, 1.165) is 49.0 Å². The molecule has 8 atom stereocenters. The fourth-order valence-corrected chi connectivity index (χ4v) is 10.2. The standard InChI is InChI=1S/C31H48O4/c1-21(18-32)8-7-9-22(2)24-12-14-29(5)26-11-10-25(23(3)19-33)30(15-13-27(34)35-6)20-31(26,30)17-16-28(24,29)4/h8,18,22,24-26,33H,3,7,9-17,19-20H2,1-2,4-6H3/b21-8+. The number of carbonyl (C=O) groups is 2. The monoisotopic (exact) mass is 484 g/mol. The second-order valence-corrected chi connectivity index (χ2v) is 13.2. The molecule has 0 aromatic heterocycles. The van der Waals surface area contributed by atoms with Crippen molar-refractivity contribution in [2.24, 2.45) is 45.3 Å². The first-order valence-electron chi connectivity index (χ1n) is 14.0. The largest absolute Gasteiger partial charge is 0.469 e.